The fraction of sp³-hybridized carbons (Fsp3) is 0.462. The summed E-state index contributed by atoms with van der Waals surface area (Å²) in [5.74, 6) is 2.82. The molecule has 0 aliphatic heterocycles. The summed E-state index contributed by atoms with van der Waals surface area (Å²) in [4.78, 5) is 7.66. The van der Waals surface area contributed by atoms with Gasteiger partial charge in [0.2, 0.25) is 0 Å². The quantitative estimate of drug-likeness (QED) is 0.781. The Balaban J connectivity index is 2.10. The Morgan fingerprint density at radius 2 is 2.24 bits per heavy atom. The first-order valence-electron chi connectivity index (χ1n) is 6.02. The highest BCUT2D eigenvalue weighted by Gasteiger charge is 2.09. The van der Waals surface area contributed by atoms with Crippen LogP contribution in [0, 0.1) is 13.8 Å². The summed E-state index contributed by atoms with van der Waals surface area (Å²) < 4.78 is 5.51. The van der Waals surface area contributed by atoms with Crippen molar-refractivity contribution in [3.63, 3.8) is 0 Å². The van der Waals surface area contributed by atoms with E-state index in [0.29, 0.717) is 0 Å². The first kappa shape index (κ1) is 11.9. The molecule has 92 valence electrons. The van der Waals surface area contributed by atoms with Gasteiger partial charge in [-0.05, 0) is 32.9 Å². The van der Waals surface area contributed by atoms with Crippen LogP contribution in [-0.2, 0) is 6.54 Å². The molecule has 0 atom stereocenters. The van der Waals surface area contributed by atoms with Crippen LogP contribution in [0.3, 0.4) is 0 Å². The van der Waals surface area contributed by atoms with E-state index in [2.05, 4.69) is 22.2 Å². The van der Waals surface area contributed by atoms with E-state index in [0.717, 1.165) is 48.1 Å². The van der Waals surface area contributed by atoms with Gasteiger partial charge in [0, 0.05) is 5.56 Å². The summed E-state index contributed by atoms with van der Waals surface area (Å²) in [7, 11) is 0. The van der Waals surface area contributed by atoms with Crippen LogP contribution in [0.5, 0.6) is 0 Å². The number of H-pyrrole nitrogens is 1. The van der Waals surface area contributed by atoms with E-state index in [9.17, 15) is 0 Å². The summed E-state index contributed by atoms with van der Waals surface area (Å²) in [5.41, 5.74) is 2.12. The van der Waals surface area contributed by atoms with E-state index >= 15 is 0 Å². The molecular formula is C13H19N3O. The van der Waals surface area contributed by atoms with Gasteiger partial charge in [-0.3, -0.25) is 0 Å². The normalized spacial score (nSPS) is 11.0. The fourth-order valence-electron chi connectivity index (χ4n) is 1.87. The predicted octanol–water partition coefficient (Wildman–Crippen LogP) is 2.79. The molecule has 0 saturated heterocycles. The molecule has 2 heterocycles. The molecule has 0 unspecified atom stereocenters. The molecule has 17 heavy (non-hydrogen) atoms. The van der Waals surface area contributed by atoms with Crippen LogP contribution in [0.4, 0.5) is 0 Å². The predicted molar refractivity (Wildman–Crippen MR) is 67.8 cm³/mol. The van der Waals surface area contributed by atoms with E-state index in [1.165, 1.54) is 0 Å². The van der Waals surface area contributed by atoms with Crippen LogP contribution in [0.1, 0.15) is 30.7 Å². The summed E-state index contributed by atoms with van der Waals surface area (Å²) in [6.45, 7) is 7.87. The molecule has 0 aliphatic rings. The Morgan fingerprint density at radius 3 is 2.88 bits per heavy atom. The van der Waals surface area contributed by atoms with Crippen LogP contribution >= 0.6 is 0 Å². The third-order valence-electron chi connectivity index (χ3n) is 2.68. The SMILES string of the molecule is CCCNCc1ncc(-c2cc(C)oc2C)[nH]1. The number of aromatic nitrogens is 2. The summed E-state index contributed by atoms with van der Waals surface area (Å²) in [6.07, 6.45) is 2.99. The summed E-state index contributed by atoms with van der Waals surface area (Å²) in [6, 6.07) is 2.03. The zero-order chi connectivity index (χ0) is 12.3. The Kier molecular flexibility index (Phi) is 3.64. The Morgan fingerprint density at radius 1 is 1.41 bits per heavy atom. The van der Waals surface area contributed by atoms with Crippen LogP contribution in [0.25, 0.3) is 11.3 Å². The molecule has 2 rings (SSSR count). The first-order chi connectivity index (χ1) is 8.20. The third-order valence-corrected chi connectivity index (χ3v) is 2.68. The van der Waals surface area contributed by atoms with Gasteiger partial charge in [-0.25, -0.2) is 4.98 Å². The van der Waals surface area contributed by atoms with Gasteiger partial charge in [-0.1, -0.05) is 6.92 Å². The lowest BCUT2D eigenvalue weighted by Crippen LogP contribution is -2.14. The van der Waals surface area contributed by atoms with Gasteiger partial charge < -0.3 is 14.7 Å². The van der Waals surface area contributed by atoms with Crippen LogP contribution < -0.4 is 5.32 Å². The summed E-state index contributed by atoms with van der Waals surface area (Å²) in [5, 5.41) is 3.32. The topological polar surface area (TPSA) is 53.9 Å². The van der Waals surface area contributed by atoms with Crippen LogP contribution in [0.15, 0.2) is 16.7 Å². The van der Waals surface area contributed by atoms with E-state index in [-0.39, 0.29) is 0 Å². The molecule has 4 nitrogen and oxygen atoms in total. The number of rotatable bonds is 5. The van der Waals surface area contributed by atoms with Crippen molar-refractivity contribution in [2.24, 2.45) is 0 Å². The zero-order valence-corrected chi connectivity index (χ0v) is 10.6. The van der Waals surface area contributed by atoms with E-state index < -0.39 is 0 Å². The molecule has 0 amide bonds. The first-order valence-corrected chi connectivity index (χ1v) is 6.02. The number of aryl methyl sites for hydroxylation is 2. The monoisotopic (exact) mass is 233 g/mol. The molecule has 2 aromatic heterocycles. The zero-order valence-electron chi connectivity index (χ0n) is 10.6. The smallest absolute Gasteiger partial charge is 0.120 e. The van der Waals surface area contributed by atoms with Gasteiger partial charge in [0.15, 0.2) is 0 Å². The molecule has 0 saturated carbocycles. The number of hydrogen-bond acceptors (Lipinski definition) is 3. The molecule has 0 spiro atoms. The Hall–Kier alpha value is -1.55. The van der Waals surface area contributed by atoms with Gasteiger partial charge in [0.25, 0.3) is 0 Å². The van der Waals surface area contributed by atoms with Crippen molar-refractivity contribution in [1.29, 1.82) is 0 Å². The maximum Gasteiger partial charge on any atom is 0.120 e. The van der Waals surface area contributed by atoms with Crippen LogP contribution in [0.2, 0.25) is 0 Å². The maximum atomic E-state index is 5.51. The van der Waals surface area contributed by atoms with Crippen molar-refractivity contribution >= 4 is 0 Å². The highest BCUT2D eigenvalue weighted by molar-refractivity contribution is 5.61. The molecule has 2 aromatic rings. The molecule has 0 fully saturated rings. The molecule has 0 radical (unpaired) electrons. The lowest BCUT2D eigenvalue weighted by atomic mass is 10.2. The molecule has 0 bridgehead atoms. The second-order valence-corrected chi connectivity index (χ2v) is 4.25. The fourth-order valence-corrected chi connectivity index (χ4v) is 1.87. The van der Waals surface area contributed by atoms with Crippen molar-refractivity contribution < 1.29 is 4.42 Å². The lowest BCUT2D eigenvalue weighted by Gasteiger charge is -1.98. The van der Waals surface area contributed by atoms with Crippen molar-refractivity contribution in [2.45, 2.75) is 33.7 Å². The van der Waals surface area contributed by atoms with Gasteiger partial charge in [-0.2, -0.15) is 0 Å². The van der Waals surface area contributed by atoms with Crippen molar-refractivity contribution in [3.8, 4) is 11.3 Å². The minimum atomic E-state index is 0.781. The number of hydrogen-bond donors (Lipinski definition) is 2. The second-order valence-electron chi connectivity index (χ2n) is 4.25. The lowest BCUT2D eigenvalue weighted by molar-refractivity contribution is 0.505. The molecule has 2 N–H and O–H groups in total. The number of furan rings is 1. The van der Waals surface area contributed by atoms with Gasteiger partial charge in [-0.15, -0.1) is 0 Å². The maximum absolute atomic E-state index is 5.51. The molecular weight excluding hydrogens is 214 g/mol. The highest BCUT2D eigenvalue weighted by Crippen LogP contribution is 2.24. The van der Waals surface area contributed by atoms with Crippen molar-refractivity contribution in [2.75, 3.05) is 6.54 Å². The van der Waals surface area contributed by atoms with Gasteiger partial charge in [0.05, 0.1) is 18.4 Å². The minimum Gasteiger partial charge on any atom is -0.466 e. The number of nitrogens with zero attached hydrogens (tertiary/aromatic N) is 1. The Bertz CT molecular complexity index is 485. The number of aromatic amines is 1. The van der Waals surface area contributed by atoms with Crippen LogP contribution in [-0.4, -0.2) is 16.5 Å². The van der Waals surface area contributed by atoms with E-state index in [4.69, 9.17) is 4.42 Å². The molecule has 0 aromatic carbocycles. The average molecular weight is 233 g/mol. The molecule has 0 aliphatic carbocycles. The van der Waals surface area contributed by atoms with E-state index in [1.54, 1.807) is 0 Å². The summed E-state index contributed by atoms with van der Waals surface area (Å²) >= 11 is 0. The van der Waals surface area contributed by atoms with Crippen molar-refractivity contribution in [1.82, 2.24) is 15.3 Å². The van der Waals surface area contributed by atoms with Gasteiger partial charge in [0.1, 0.15) is 17.3 Å². The average Bonchev–Trinajstić information content (AvgIpc) is 2.86. The van der Waals surface area contributed by atoms with Gasteiger partial charge >= 0.3 is 0 Å². The third kappa shape index (κ3) is 2.77. The second kappa shape index (κ2) is 5.19. The molecule has 4 heteroatoms. The largest absolute Gasteiger partial charge is 0.466 e. The van der Waals surface area contributed by atoms with E-state index in [1.807, 2.05) is 26.1 Å². The standard InChI is InChI=1S/C13H19N3O/c1-4-5-14-8-13-15-7-12(16-13)11-6-9(2)17-10(11)3/h6-7,14H,4-5,8H2,1-3H3,(H,15,16). The number of nitrogens with one attached hydrogen (secondary N) is 2. The number of imidazole rings is 1. The minimum absolute atomic E-state index is 0.781. The van der Waals surface area contributed by atoms with Crippen molar-refractivity contribution in [3.05, 3.63) is 29.6 Å². The highest BCUT2D eigenvalue weighted by atomic mass is 16.3. The Labute approximate surface area is 101 Å².